The lowest BCUT2D eigenvalue weighted by atomic mass is 9.97. The van der Waals surface area contributed by atoms with E-state index in [0.717, 1.165) is 41.5 Å². The highest BCUT2D eigenvalue weighted by Crippen LogP contribution is 2.37. The maximum Gasteiger partial charge on any atom is 0.269 e. The van der Waals surface area contributed by atoms with Gasteiger partial charge in [0.15, 0.2) is 5.13 Å². The van der Waals surface area contributed by atoms with Crippen molar-refractivity contribution in [1.82, 2.24) is 15.3 Å². The highest BCUT2D eigenvalue weighted by Gasteiger charge is 2.24. The lowest BCUT2D eigenvalue weighted by molar-refractivity contribution is 0.103. The van der Waals surface area contributed by atoms with Crippen molar-refractivity contribution in [3.63, 3.8) is 0 Å². The average Bonchev–Trinajstić information content (AvgIpc) is 3.35. The summed E-state index contributed by atoms with van der Waals surface area (Å²) in [5, 5.41) is 8.21. The molecule has 0 atom stereocenters. The molecule has 0 radical (unpaired) electrons. The molecule has 2 aliphatic rings. The van der Waals surface area contributed by atoms with E-state index in [0.29, 0.717) is 17.0 Å². The molecule has 5 nitrogen and oxygen atoms in total. The Hall–Kier alpha value is -1.31. The monoisotopic (exact) mass is 376 g/mol. The molecule has 1 saturated heterocycles. The number of rotatable bonds is 4. The van der Waals surface area contributed by atoms with Crippen LogP contribution in [-0.4, -0.2) is 29.0 Å². The second-order valence-electron chi connectivity index (χ2n) is 6.99. The summed E-state index contributed by atoms with van der Waals surface area (Å²) in [6.45, 7) is 4.06. The van der Waals surface area contributed by atoms with Crippen molar-refractivity contribution in [1.29, 1.82) is 0 Å². The maximum atomic E-state index is 12.7. The van der Waals surface area contributed by atoms with E-state index in [-0.39, 0.29) is 5.91 Å². The van der Waals surface area contributed by atoms with Gasteiger partial charge in [0.05, 0.1) is 10.7 Å². The number of piperidine rings is 1. The molecule has 0 aromatic carbocycles. The number of aromatic nitrogens is 2. The van der Waals surface area contributed by atoms with Gasteiger partial charge in [0.25, 0.3) is 5.91 Å². The number of anilines is 1. The standard InChI is InChI=1S/C18H24N4OS2/c1-11-15(25-17(21-11)13-4-2-3-5-13)16(23)22-18-20-10-14(24-18)12-6-8-19-9-7-12/h10,12-13,19H,2-9H2,1H3,(H,20,22,23). The zero-order valence-corrected chi connectivity index (χ0v) is 16.1. The van der Waals surface area contributed by atoms with Crippen LogP contribution in [0.15, 0.2) is 6.20 Å². The van der Waals surface area contributed by atoms with Crippen LogP contribution >= 0.6 is 22.7 Å². The third-order valence-electron chi connectivity index (χ3n) is 5.21. The van der Waals surface area contributed by atoms with Crippen LogP contribution in [0.4, 0.5) is 5.13 Å². The molecule has 7 heteroatoms. The van der Waals surface area contributed by atoms with Gasteiger partial charge in [-0.15, -0.1) is 22.7 Å². The van der Waals surface area contributed by atoms with Crippen LogP contribution in [0.2, 0.25) is 0 Å². The molecule has 1 saturated carbocycles. The van der Waals surface area contributed by atoms with Crippen LogP contribution in [0.5, 0.6) is 0 Å². The number of amides is 1. The van der Waals surface area contributed by atoms with Crippen molar-refractivity contribution in [3.8, 4) is 0 Å². The SMILES string of the molecule is Cc1nc(C2CCCC2)sc1C(=O)Nc1ncc(C2CCNCC2)s1. The van der Waals surface area contributed by atoms with Crippen molar-refractivity contribution in [2.24, 2.45) is 0 Å². The Morgan fingerprint density at radius 1 is 1.16 bits per heavy atom. The molecule has 4 rings (SSSR count). The van der Waals surface area contributed by atoms with Gasteiger partial charge in [-0.25, -0.2) is 9.97 Å². The Bertz CT molecular complexity index is 742. The maximum absolute atomic E-state index is 12.7. The van der Waals surface area contributed by atoms with Crippen molar-refractivity contribution < 1.29 is 4.79 Å². The Morgan fingerprint density at radius 3 is 2.68 bits per heavy atom. The molecule has 0 unspecified atom stereocenters. The van der Waals surface area contributed by atoms with Crippen molar-refractivity contribution in [2.45, 2.75) is 57.3 Å². The number of nitrogens with one attached hydrogen (secondary N) is 2. The van der Waals surface area contributed by atoms with Crippen molar-refractivity contribution >= 4 is 33.7 Å². The average molecular weight is 377 g/mol. The zero-order valence-electron chi connectivity index (χ0n) is 14.5. The Kier molecular flexibility index (Phi) is 5.15. The summed E-state index contributed by atoms with van der Waals surface area (Å²) in [7, 11) is 0. The third-order valence-corrected chi connectivity index (χ3v) is 7.60. The normalized spacial score (nSPS) is 19.4. The Balaban J connectivity index is 1.44. The summed E-state index contributed by atoms with van der Waals surface area (Å²) in [6.07, 6.45) is 9.20. The molecule has 1 amide bonds. The summed E-state index contributed by atoms with van der Waals surface area (Å²) in [6, 6.07) is 0. The fourth-order valence-corrected chi connectivity index (χ4v) is 5.88. The molecule has 0 spiro atoms. The minimum absolute atomic E-state index is 0.0644. The van der Waals surface area contributed by atoms with Gasteiger partial charge in [0.2, 0.25) is 0 Å². The van der Waals surface area contributed by atoms with E-state index in [1.807, 2.05) is 13.1 Å². The van der Waals surface area contributed by atoms with Gasteiger partial charge < -0.3 is 5.32 Å². The fourth-order valence-electron chi connectivity index (χ4n) is 3.77. The lowest BCUT2D eigenvalue weighted by Gasteiger charge is -2.20. The molecule has 0 bridgehead atoms. The summed E-state index contributed by atoms with van der Waals surface area (Å²) >= 11 is 3.18. The zero-order chi connectivity index (χ0) is 17.2. The van der Waals surface area contributed by atoms with E-state index < -0.39 is 0 Å². The molecular formula is C18H24N4OS2. The predicted molar refractivity (Wildman–Crippen MR) is 103 cm³/mol. The molecule has 1 aliphatic heterocycles. The van der Waals surface area contributed by atoms with Crippen LogP contribution < -0.4 is 10.6 Å². The van der Waals surface area contributed by atoms with Gasteiger partial charge in [-0.2, -0.15) is 0 Å². The molecule has 1 aliphatic carbocycles. The highest BCUT2D eigenvalue weighted by molar-refractivity contribution is 7.16. The molecule has 2 aromatic rings. The number of thiazole rings is 2. The van der Waals surface area contributed by atoms with Gasteiger partial charge in [0.1, 0.15) is 4.88 Å². The summed E-state index contributed by atoms with van der Waals surface area (Å²) in [5.41, 5.74) is 0.847. The molecule has 134 valence electrons. The number of hydrogen-bond donors (Lipinski definition) is 2. The first-order valence-electron chi connectivity index (χ1n) is 9.16. The second-order valence-corrected chi connectivity index (χ2v) is 9.09. The van der Waals surface area contributed by atoms with Crippen LogP contribution in [-0.2, 0) is 0 Å². The summed E-state index contributed by atoms with van der Waals surface area (Å²) in [5.74, 6) is 1.06. The third kappa shape index (κ3) is 3.78. The van der Waals surface area contributed by atoms with Crippen LogP contribution in [0.3, 0.4) is 0 Å². The highest BCUT2D eigenvalue weighted by atomic mass is 32.1. The number of carbonyl (C=O) groups is 1. The van der Waals surface area contributed by atoms with E-state index in [1.54, 1.807) is 22.7 Å². The van der Waals surface area contributed by atoms with E-state index in [1.165, 1.54) is 30.6 Å². The second kappa shape index (κ2) is 7.51. The number of carbonyl (C=O) groups excluding carboxylic acids is 1. The number of hydrogen-bond acceptors (Lipinski definition) is 6. The lowest BCUT2D eigenvalue weighted by Crippen LogP contribution is -2.26. The van der Waals surface area contributed by atoms with Crippen molar-refractivity contribution in [2.75, 3.05) is 18.4 Å². The minimum atomic E-state index is -0.0644. The van der Waals surface area contributed by atoms with Crippen LogP contribution in [0.25, 0.3) is 0 Å². The topological polar surface area (TPSA) is 66.9 Å². The Labute approximate surface area is 156 Å². The van der Waals surface area contributed by atoms with E-state index >= 15 is 0 Å². The van der Waals surface area contributed by atoms with Gasteiger partial charge in [-0.3, -0.25) is 10.1 Å². The molecule has 2 aromatic heterocycles. The first-order valence-corrected chi connectivity index (χ1v) is 10.8. The molecule has 2 N–H and O–H groups in total. The van der Waals surface area contributed by atoms with Gasteiger partial charge >= 0.3 is 0 Å². The molecular weight excluding hydrogens is 352 g/mol. The van der Waals surface area contributed by atoms with Gasteiger partial charge in [-0.05, 0) is 51.6 Å². The quantitative estimate of drug-likeness (QED) is 0.835. The summed E-state index contributed by atoms with van der Waals surface area (Å²) in [4.78, 5) is 23.8. The van der Waals surface area contributed by atoms with Crippen LogP contribution in [0, 0.1) is 6.92 Å². The van der Waals surface area contributed by atoms with E-state index in [2.05, 4.69) is 20.6 Å². The fraction of sp³-hybridized carbons (Fsp3) is 0.611. The molecule has 3 heterocycles. The number of nitrogens with zero attached hydrogens (tertiary/aromatic N) is 2. The first-order chi connectivity index (χ1) is 12.2. The number of aryl methyl sites for hydroxylation is 1. The van der Waals surface area contributed by atoms with E-state index in [4.69, 9.17) is 0 Å². The summed E-state index contributed by atoms with van der Waals surface area (Å²) < 4.78 is 0. The molecule has 2 fully saturated rings. The smallest absolute Gasteiger partial charge is 0.269 e. The minimum Gasteiger partial charge on any atom is -0.317 e. The van der Waals surface area contributed by atoms with Crippen LogP contribution in [0.1, 0.15) is 75.6 Å². The largest absolute Gasteiger partial charge is 0.317 e. The van der Waals surface area contributed by atoms with Gasteiger partial charge in [-0.1, -0.05) is 12.8 Å². The van der Waals surface area contributed by atoms with Crippen molar-refractivity contribution in [3.05, 3.63) is 26.7 Å². The first kappa shape index (κ1) is 17.1. The predicted octanol–water partition coefficient (Wildman–Crippen LogP) is 4.28. The van der Waals surface area contributed by atoms with E-state index in [9.17, 15) is 4.79 Å². The van der Waals surface area contributed by atoms with Gasteiger partial charge in [0, 0.05) is 17.0 Å². The molecule has 25 heavy (non-hydrogen) atoms. The Morgan fingerprint density at radius 2 is 1.92 bits per heavy atom.